The zero-order chi connectivity index (χ0) is 15.1. The first kappa shape index (κ1) is 15.5. The summed E-state index contributed by atoms with van der Waals surface area (Å²) >= 11 is 1.72. The van der Waals surface area contributed by atoms with Gasteiger partial charge in [-0.3, -0.25) is 0 Å². The Morgan fingerprint density at radius 1 is 1.14 bits per heavy atom. The van der Waals surface area contributed by atoms with Crippen LogP contribution in [0.4, 0.5) is 11.9 Å². The van der Waals surface area contributed by atoms with Crippen molar-refractivity contribution in [1.29, 1.82) is 0 Å². The Bertz CT molecular complexity index is 572. The number of thiophene rings is 1. The second kappa shape index (κ2) is 7.78. The first-order valence-electron chi connectivity index (χ1n) is 7.12. The van der Waals surface area contributed by atoms with Crippen molar-refractivity contribution in [3.63, 3.8) is 0 Å². The lowest BCUT2D eigenvalue weighted by atomic mass is 10.3. The van der Waals surface area contributed by atoms with E-state index in [-0.39, 0.29) is 0 Å². The van der Waals surface area contributed by atoms with Gasteiger partial charge in [0.1, 0.15) is 0 Å². The molecule has 0 bridgehead atoms. The zero-order valence-electron chi connectivity index (χ0n) is 12.6. The molecular formula is C14H21N5OS. The second-order valence-corrected chi connectivity index (χ2v) is 5.51. The molecule has 114 valence electrons. The molecule has 21 heavy (non-hydrogen) atoms. The van der Waals surface area contributed by atoms with Gasteiger partial charge in [-0.1, -0.05) is 6.92 Å². The topological polar surface area (TPSA) is 72.0 Å². The van der Waals surface area contributed by atoms with Crippen LogP contribution in [0, 0.1) is 6.92 Å². The molecular weight excluding hydrogens is 286 g/mol. The minimum Gasteiger partial charge on any atom is -0.464 e. The number of rotatable bonds is 8. The number of nitrogens with zero attached hydrogens (tertiary/aromatic N) is 3. The van der Waals surface area contributed by atoms with E-state index in [4.69, 9.17) is 4.74 Å². The normalized spacial score (nSPS) is 10.4. The molecule has 0 aromatic carbocycles. The summed E-state index contributed by atoms with van der Waals surface area (Å²) < 4.78 is 5.39. The van der Waals surface area contributed by atoms with Crippen LogP contribution < -0.4 is 15.4 Å². The molecule has 2 aromatic heterocycles. The van der Waals surface area contributed by atoms with E-state index < -0.39 is 0 Å². The number of aromatic nitrogens is 3. The van der Waals surface area contributed by atoms with Crippen LogP contribution in [-0.2, 0) is 6.54 Å². The summed E-state index contributed by atoms with van der Waals surface area (Å²) in [6.45, 7) is 8.15. The summed E-state index contributed by atoms with van der Waals surface area (Å²) in [4.78, 5) is 14.1. The molecule has 6 nitrogen and oxygen atoms in total. The minimum atomic E-state index is 0.344. The molecule has 2 rings (SSSR count). The van der Waals surface area contributed by atoms with Crippen molar-refractivity contribution in [3.05, 3.63) is 21.9 Å². The summed E-state index contributed by atoms with van der Waals surface area (Å²) in [6, 6.07) is 2.45. The molecule has 0 fully saturated rings. The number of hydrogen-bond donors (Lipinski definition) is 2. The molecule has 0 radical (unpaired) electrons. The van der Waals surface area contributed by atoms with Gasteiger partial charge < -0.3 is 15.4 Å². The van der Waals surface area contributed by atoms with Crippen LogP contribution in [0.2, 0.25) is 0 Å². The van der Waals surface area contributed by atoms with Crippen LogP contribution in [-0.4, -0.2) is 28.1 Å². The van der Waals surface area contributed by atoms with Crippen LogP contribution in [0.25, 0.3) is 0 Å². The Balaban J connectivity index is 2.09. The van der Waals surface area contributed by atoms with Gasteiger partial charge in [-0.25, -0.2) is 0 Å². The Hall–Kier alpha value is -1.89. The first-order valence-corrected chi connectivity index (χ1v) is 8.00. The quantitative estimate of drug-likeness (QED) is 0.781. The van der Waals surface area contributed by atoms with Crippen LogP contribution in [0.15, 0.2) is 11.4 Å². The second-order valence-electron chi connectivity index (χ2n) is 4.51. The predicted molar refractivity (Wildman–Crippen MR) is 86.2 cm³/mol. The van der Waals surface area contributed by atoms with Gasteiger partial charge in [-0.05, 0) is 37.3 Å². The average molecular weight is 307 g/mol. The lowest BCUT2D eigenvalue weighted by molar-refractivity contribution is 0.312. The zero-order valence-corrected chi connectivity index (χ0v) is 13.5. The van der Waals surface area contributed by atoms with E-state index in [2.05, 4.69) is 50.9 Å². The summed E-state index contributed by atoms with van der Waals surface area (Å²) in [5.41, 5.74) is 1.27. The highest BCUT2D eigenvalue weighted by Gasteiger charge is 2.08. The molecule has 0 spiro atoms. The molecule has 0 amide bonds. The highest BCUT2D eigenvalue weighted by Crippen LogP contribution is 2.17. The van der Waals surface area contributed by atoms with Crippen molar-refractivity contribution in [2.75, 3.05) is 23.8 Å². The fourth-order valence-electron chi connectivity index (χ4n) is 1.69. The molecule has 0 atom stereocenters. The van der Waals surface area contributed by atoms with Gasteiger partial charge in [0.25, 0.3) is 0 Å². The third-order valence-corrected chi connectivity index (χ3v) is 3.82. The number of anilines is 2. The SMILES string of the molecule is CCCNc1nc(NCc2sccc2C)nc(OCC)n1. The largest absolute Gasteiger partial charge is 0.464 e. The van der Waals surface area contributed by atoms with E-state index in [1.54, 1.807) is 11.3 Å². The highest BCUT2D eigenvalue weighted by atomic mass is 32.1. The third-order valence-electron chi connectivity index (χ3n) is 2.80. The highest BCUT2D eigenvalue weighted by molar-refractivity contribution is 7.10. The Kier molecular flexibility index (Phi) is 5.74. The number of hydrogen-bond acceptors (Lipinski definition) is 7. The van der Waals surface area contributed by atoms with E-state index in [9.17, 15) is 0 Å². The average Bonchev–Trinajstić information content (AvgIpc) is 2.88. The van der Waals surface area contributed by atoms with Gasteiger partial charge in [-0.15, -0.1) is 11.3 Å². The van der Waals surface area contributed by atoms with Gasteiger partial charge in [0.05, 0.1) is 13.2 Å². The molecule has 0 unspecified atom stereocenters. The first-order chi connectivity index (χ1) is 10.2. The van der Waals surface area contributed by atoms with Crippen LogP contribution in [0.5, 0.6) is 6.01 Å². The summed E-state index contributed by atoms with van der Waals surface area (Å²) in [6.07, 6.45) is 1.01. The van der Waals surface area contributed by atoms with Gasteiger partial charge in [0.2, 0.25) is 11.9 Å². The summed E-state index contributed by atoms with van der Waals surface area (Å²) in [5.74, 6) is 1.07. The number of ether oxygens (including phenoxy) is 1. The maximum Gasteiger partial charge on any atom is 0.323 e. The van der Waals surface area contributed by atoms with E-state index in [0.29, 0.717) is 31.1 Å². The van der Waals surface area contributed by atoms with Crippen molar-refractivity contribution in [3.8, 4) is 6.01 Å². The van der Waals surface area contributed by atoms with Gasteiger partial charge in [-0.2, -0.15) is 15.0 Å². The van der Waals surface area contributed by atoms with E-state index in [0.717, 1.165) is 13.0 Å². The maximum atomic E-state index is 5.39. The fraction of sp³-hybridized carbons (Fsp3) is 0.500. The third kappa shape index (κ3) is 4.56. The van der Waals surface area contributed by atoms with Crippen molar-refractivity contribution < 1.29 is 4.74 Å². The summed E-state index contributed by atoms with van der Waals surface area (Å²) in [7, 11) is 0. The monoisotopic (exact) mass is 307 g/mol. The summed E-state index contributed by atoms with van der Waals surface area (Å²) in [5, 5.41) is 8.47. The lowest BCUT2D eigenvalue weighted by Crippen LogP contribution is -2.11. The van der Waals surface area contributed by atoms with Crippen LogP contribution in [0.1, 0.15) is 30.7 Å². The minimum absolute atomic E-state index is 0.344. The molecule has 7 heteroatoms. The predicted octanol–water partition coefficient (Wildman–Crippen LogP) is 3.07. The van der Waals surface area contributed by atoms with Crippen molar-refractivity contribution in [1.82, 2.24) is 15.0 Å². The molecule has 0 aliphatic heterocycles. The van der Waals surface area contributed by atoms with Gasteiger partial charge >= 0.3 is 6.01 Å². The number of nitrogens with one attached hydrogen (secondary N) is 2. The van der Waals surface area contributed by atoms with Crippen molar-refractivity contribution in [2.24, 2.45) is 0 Å². The van der Waals surface area contributed by atoms with E-state index >= 15 is 0 Å². The van der Waals surface area contributed by atoms with Crippen molar-refractivity contribution >= 4 is 23.2 Å². The van der Waals surface area contributed by atoms with E-state index in [1.165, 1.54) is 10.4 Å². The fourth-order valence-corrected chi connectivity index (χ4v) is 2.54. The molecule has 2 N–H and O–H groups in total. The standard InChI is InChI=1S/C14H21N5OS/c1-4-7-15-12-17-13(19-14(18-12)20-5-2)16-9-11-10(3)6-8-21-11/h6,8H,4-5,7,9H2,1-3H3,(H2,15,16,17,18,19). The van der Waals surface area contributed by atoms with Gasteiger partial charge in [0.15, 0.2) is 0 Å². The smallest absolute Gasteiger partial charge is 0.323 e. The molecule has 0 aliphatic rings. The molecule has 0 saturated heterocycles. The molecule has 0 saturated carbocycles. The molecule has 0 aliphatic carbocycles. The lowest BCUT2D eigenvalue weighted by Gasteiger charge is -2.09. The Morgan fingerprint density at radius 2 is 1.90 bits per heavy atom. The maximum absolute atomic E-state index is 5.39. The van der Waals surface area contributed by atoms with Crippen LogP contribution >= 0.6 is 11.3 Å². The molecule has 2 aromatic rings. The van der Waals surface area contributed by atoms with Gasteiger partial charge in [0, 0.05) is 11.4 Å². The Labute approximate surface area is 129 Å². The number of aryl methyl sites for hydroxylation is 1. The van der Waals surface area contributed by atoms with Crippen molar-refractivity contribution in [2.45, 2.75) is 33.7 Å². The molecule has 2 heterocycles. The Morgan fingerprint density at radius 3 is 2.52 bits per heavy atom. The van der Waals surface area contributed by atoms with E-state index in [1.807, 2.05) is 6.92 Å². The van der Waals surface area contributed by atoms with Crippen LogP contribution in [0.3, 0.4) is 0 Å².